The average molecular weight is 338 g/mol. The van der Waals surface area contributed by atoms with Crippen molar-refractivity contribution in [2.75, 3.05) is 10.6 Å². The lowest BCUT2D eigenvalue weighted by Gasteiger charge is -2.15. The maximum atomic E-state index is 13.0. The van der Waals surface area contributed by atoms with Crippen molar-refractivity contribution in [1.82, 2.24) is 0 Å². The number of non-ortho nitro benzene ring substituents is 1. The summed E-state index contributed by atoms with van der Waals surface area (Å²) < 4.78 is 13.0. The Morgan fingerprint density at radius 3 is 2.70 bits per heavy atom. The van der Waals surface area contributed by atoms with E-state index in [4.69, 9.17) is 11.6 Å². The molecule has 1 atom stereocenters. The van der Waals surface area contributed by atoms with Crippen LogP contribution in [-0.2, 0) is 4.79 Å². The molecule has 0 aromatic heterocycles. The third-order valence-electron chi connectivity index (χ3n) is 3.02. The smallest absolute Gasteiger partial charge is 0.271 e. The van der Waals surface area contributed by atoms with E-state index < -0.39 is 22.7 Å². The first-order valence-corrected chi connectivity index (χ1v) is 7.01. The molecule has 0 aliphatic heterocycles. The van der Waals surface area contributed by atoms with Crippen LogP contribution in [0.3, 0.4) is 0 Å². The zero-order valence-corrected chi connectivity index (χ0v) is 12.8. The van der Waals surface area contributed by atoms with Gasteiger partial charge in [0.2, 0.25) is 5.91 Å². The zero-order chi connectivity index (χ0) is 17.0. The Balaban J connectivity index is 2.05. The van der Waals surface area contributed by atoms with Gasteiger partial charge in [-0.2, -0.15) is 0 Å². The summed E-state index contributed by atoms with van der Waals surface area (Å²) in [5.41, 5.74) is 0.641. The van der Waals surface area contributed by atoms with Crippen molar-refractivity contribution in [3.8, 4) is 0 Å². The Kier molecular flexibility index (Phi) is 5.13. The van der Waals surface area contributed by atoms with Crippen LogP contribution in [0.1, 0.15) is 6.92 Å². The Labute approximate surface area is 136 Å². The largest absolute Gasteiger partial charge is 0.374 e. The van der Waals surface area contributed by atoms with Crippen LogP contribution >= 0.6 is 11.6 Å². The van der Waals surface area contributed by atoms with Crippen LogP contribution in [0.5, 0.6) is 0 Å². The monoisotopic (exact) mass is 337 g/mol. The number of carbonyl (C=O) groups is 1. The number of nitro benzene ring substituents is 1. The lowest BCUT2D eigenvalue weighted by Crippen LogP contribution is -2.31. The molecule has 0 saturated heterocycles. The molecule has 0 spiro atoms. The van der Waals surface area contributed by atoms with Crippen LogP contribution in [0.4, 0.5) is 21.5 Å². The molecule has 1 amide bonds. The third-order valence-corrected chi connectivity index (χ3v) is 3.34. The van der Waals surface area contributed by atoms with Crippen LogP contribution in [0.2, 0.25) is 5.02 Å². The van der Waals surface area contributed by atoms with E-state index in [1.807, 2.05) is 0 Å². The highest BCUT2D eigenvalue weighted by atomic mass is 35.5. The fourth-order valence-corrected chi connectivity index (χ4v) is 2.07. The van der Waals surface area contributed by atoms with Crippen molar-refractivity contribution in [3.63, 3.8) is 0 Å². The van der Waals surface area contributed by atoms with Gasteiger partial charge >= 0.3 is 0 Å². The Bertz CT molecular complexity index is 754. The highest BCUT2D eigenvalue weighted by Gasteiger charge is 2.15. The van der Waals surface area contributed by atoms with Gasteiger partial charge in [0.15, 0.2) is 0 Å². The Hall–Kier alpha value is -2.67. The summed E-state index contributed by atoms with van der Waals surface area (Å²) in [6.45, 7) is 1.59. The quantitative estimate of drug-likeness (QED) is 0.641. The number of benzene rings is 2. The van der Waals surface area contributed by atoms with E-state index >= 15 is 0 Å². The molecule has 0 aliphatic rings. The standard InChI is InChI=1S/C15H13ClFN3O3/c1-9(18-11-3-2-4-12(8-11)20(22)23)15(21)19-14-6-5-10(17)7-13(14)16/h2-9,18H,1H3,(H,19,21)/t9-/m1/s1. The summed E-state index contributed by atoms with van der Waals surface area (Å²) in [6.07, 6.45) is 0. The van der Waals surface area contributed by atoms with Gasteiger partial charge in [0.25, 0.3) is 5.69 Å². The van der Waals surface area contributed by atoms with Gasteiger partial charge in [0, 0.05) is 17.8 Å². The lowest BCUT2D eigenvalue weighted by molar-refractivity contribution is -0.384. The van der Waals surface area contributed by atoms with Crippen molar-refractivity contribution in [2.45, 2.75) is 13.0 Å². The van der Waals surface area contributed by atoms with Gasteiger partial charge in [-0.25, -0.2) is 4.39 Å². The van der Waals surface area contributed by atoms with Crippen LogP contribution in [-0.4, -0.2) is 16.9 Å². The second-order valence-electron chi connectivity index (χ2n) is 4.79. The predicted octanol–water partition coefficient (Wildman–Crippen LogP) is 3.83. The summed E-state index contributed by atoms with van der Waals surface area (Å²) >= 11 is 5.84. The van der Waals surface area contributed by atoms with Crippen molar-refractivity contribution in [1.29, 1.82) is 0 Å². The van der Waals surface area contributed by atoms with Crippen LogP contribution in [0, 0.1) is 15.9 Å². The summed E-state index contributed by atoms with van der Waals surface area (Å²) in [7, 11) is 0. The number of hydrogen-bond donors (Lipinski definition) is 2. The average Bonchev–Trinajstić information content (AvgIpc) is 2.50. The number of hydrogen-bond acceptors (Lipinski definition) is 4. The van der Waals surface area contributed by atoms with Gasteiger partial charge in [-0.05, 0) is 31.2 Å². The van der Waals surface area contributed by atoms with Gasteiger partial charge in [0.05, 0.1) is 15.6 Å². The minimum absolute atomic E-state index is 0.0795. The zero-order valence-electron chi connectivity index (χ0n) is 12.0. The number of nitrogens with one attached hydrogen (secondary N) is 2. The molecular weight excluding hydrogens is 325 g/mol. The molecule has 0 aliphatic carbocycles. The fourth-order valence-electron chi connectivity index (χ4n) is 1.86. The number of carbonyl (C=O) groups excluding carboxylic acids is 1. The minimum atomic E-state index is -0.682. The van der Waals surface area contributed by atoms with Gasteiger partial charge in [0.1, 0.15) is 11.9 Å². The molecule has 0 bridgehead atoms. The third kappa shape index (κ3) is 4.40. The number of amides is 1. The highest BCUT2D eigenvalue weighted by Crippen LogP contribution is 2.23. The van der Waals surface area contributed by atoms with Gasteiger partial charge in [-0.15, -0.1) is 0 Å². The molecule has 2 N–H and O–H groups in total. The van der Waals surface area contributed by atoms with Crippen molar-refractivity contribution >= 4 is 34.6 Å². The molecule has 120 valence electrons. The number of nitro groups is 1. The molecule has 2 rings (SSSR count). The number of anilines is 2. The van der Waals surface area contributed by atoms with E-state index in [1.165, 1.54) is 30.3 Å². The summed E-state index contributed by atoms with van der Waals surface area (Å²) in [5, 5.41) is 16.2. The molecule has 6 nitrogen and oxygen atoms in total. The lowest BCUT2D eigenvalue weighted by atomic mass is 10.2. The highest BCUT2D eigenvalue weighted by molar-refractivity contribution is 6.33. The number of halogens is 2. The van der Waals surface area contributed by atoms with Crippen molar-refractivity contribution in [3.05, 3.63) is 63.4 Å². The fraction of sp³-hybridized carbons (Fsp3) is 0.133. The van der Waals surface area contributed by atoms with E-state index in [2.05, 4.69) is 10.6 Å². The van der Waals surface area contributed by atoms with E-state index in [-0.39, 0.29) is 16.4 Å². The topological polar surface area (TPSA) is 84.3 Å². The predicted molar refractivity (Wildman–Crippen MR) is 86.2 cm³/mol. The van der Waals surface area contributed by atoms with Crippen LogP contribution in [0.15, 0.2) is 42.5 Å². The first-order valence-electron chi connectivity index (χ1n) is 6.63. The van der Waals surface area contributed by atoms with E-state index in [0.717, 1.165) is 6.07 Å². The molecular formula is C15H13ClFN3O3. The van der Waals surface area contributed by atoms with Crippen LogP contribution in [0.25, 0.3) is 0 Å². The van der Waals surface area contributed by atoms with E-state index in [1.54, 1.807) is 13.0 Å². The van der Waals surface area contributed by atoms with Crippen molar-refractivity contribution in [2.24, 2.45) is 0 Å². The second kappa shape index (κ2) is 7.06. The van der Waals surface area contributed by atoms with E-state index in [9.17, 15) is 19.3 Å². The molecule has 2 aromatic carbocycles. The van der Waals surface area contributed by atoms with Gasteiger partial charge in [-0.3, -0.25) is 14.9 Å². The molecule has 8 heteroatoms. The number of rotatable bonds is 5. The summed E-state index contributed by atoms with van der Waals surface area (Å²) in [4.78, 5) is 22.3. The molecule has 0 fully saturated rings. The molecule has 0 unspecified atom stereocenters. The normalized spacial score (nSPS) is 11.6. The molecule has 0 saturated carbocycles. The van der Waals surface area contributed by atoms with Crippen molar-refractivity contribution < 1.29 is 14.1 Å². The molecule has 23 heavy (non-hydrogen) atoms. The Morgan fingerprint density at radius 2 is 2.04 bits per heavy atom. The molecule has 2 aromatic rings. The maximum Gasteiger partial charge on any atom is 0.271 e. The first-order chi connectivity index (χ1) is 10.9. The number of nitrogens with zero attached hydrogens (tertiary/aromatic N) is 1. The maximum absolute atomic E-state index is 13.0. The van der Waals surface area contributed by atoms with E-state index in [0.29, 0.717) is 5.69 Å². The van der Waals surface area contributed by atoms with Crippen LogP contribution < -0.4 is 10.6 Å². The summed E-state index contributed by atoms with van der Waals surface area (Å²) in [6, 6.07) is 8.76. The first kappa shape index (κ1) is 16.7. The SMILES string of the molecule is C[C@@H](Nc1cccc([N+](=O)[O-])c1)C(=O)Nc1ccc(F)cc1Cl. The Morgan fingerprint density at radius 1 is 1.30 bits per heavy atom. The second-order valence-corrected chi connectivity index (χ2v) is 5.19. The van der Waals surface area contributed by atoms with Gasteiger partial charge < -0.3 is 10.6 Å². The minimum Gasteiger partial charge on any atom is -0.374 e. The molecule has 0 heterocycles. The molecule has 0 radical (unpaired) electrons. The summed E-state index contributed by atoms with van der Waals surface area (Å²) in [5.74, 6) is -0.916. The van der Waals surface area contributed by atoms with Gasteiger partial charge in [-0.1, -0.05) is 17.7 Å².